The molecule has 0 aromatic heterocycles. The molecule has 16 heavy (non-hydrogen) atoms. The number of benzene rings is 1. The first-order chi connectivity index (χ1) is 7.43. The van der Waals surface area contributed by atoms with E-state index in [4.69, 9.17) is 4.74 Å². The van der Waals surface area contributed by atoms with Gasteiger partial charge in [0.2, 0.25) is 0 Å². The van der Waals surface area contributed by atoms with Crippen LogP contribution in [-0.2, 0) is 5.41 Å². The summed E-state index contributed by atoms with van der Waals surface area (Å²) >= 11 is 0. The molecular weight excluding hydrogens is 196 g/mol. The highest BCUT2D eigenvalue weighted by Crippen LogP contribution is 2.24. The summed E-state index contributed by atoms with van der Waals surface area (Å²) in [5, 5.41) is 0. The van der Waals surface area contributed by atoms with Crippen LogP contribution in [0.1, 0.15) is 40.2 Å². The molecule has 0 saturated carbocycles. The highest BCUT2D eigenvalue weighted by atomic mass is 16.5. The van der Waals surface area contributed by atoms with Gasteiger partial charge in [0.1, 0.15) is 12.4 Å². The minimum atomic E-state index is 0.206. The Hall–Kier alpha value is -1.24. The third-order valence-corrected chi connectivity index (χ3v) is 2.68. The van der Waals surface area contributed by atoms with Gasteiger partial charge in [0.25, 0.3) is 0 Å². The van der Waals surface area contributed by atoms with E-state index in [1.807, 2.05) is 19.1 Å². The highest BCUT2D eigenvalue weighted by molar-refractivity contribution is 5.31. The molecule has 0 fully saturated rings. The molecule has 0 aliphatic heterocycles. The molecule has 0 amide bonds. The van der Waals surface area contributed by atoms with E-state index in [0.717, 1.165) is 5.75 Å². The van der Waals surface area contributed by atoms with Crippen LogP contribution in [0.15, 0.2) is 35.9 Å². The maximum Gasteiger partial charge on any atom is 0.119 e. The van der Waals surface area contributed by atoms with E-state index >= 15 is 0 Å². The van der Waals surface area contributed by atoms with Crippen molar-refractivity contribution in [2.24, 2.45) is 0 Å². The summed E-state index contributed by atoms with van der Waals surface area (Å²) in [5.74, 6) is 0.939. The van der Waals surface area contributed by atoms with Crippen molar-refractivity contribution in [3.63, 3.8) is 0 Å². The third kappa shape index (κ3) is 3.73. The highest BCUT2D eigenvalue weighted by Gasteiger charge is 2.12. The minimum Gasteiger partial charge on any atom is -0.489 e. The van der Waals surface area contributed by atoms with Crippen molar-refractivity contribution in [1.29, 1.82) is 0 Å². The molecule has 0 unspecified atom stereocenters. The summed E-state index contributed by atoms with van der Waals surface area (Å²) in [6.45, 7) is 11.4. The number of hydrogen-bond acceptors (Lipinski definition) is 1. The van der Waals surface area contributed by atoms with Gasteiger partial charge in [0.05, 0.1) is 0 Å². The van der Waals surface area contributed by atoms with Crippen LogP contribution in [-0.4, -0.2) is 6.61 Å². The van der Waals surface area contributed by atoms with E-state index in [1.165, 1.54) is 11.1 Å². The van der Waals surface area contributed by atoms with Crippen LogP contribution in [0.4, 0.5) is 0 Å². The fraction of sp³-hybridized carbons (Fsp3) is 0.467. The molecule has 0 aliphatic carbocycles. The van der Waals surface area contributed by atoms with Crippen molar-refractivity contribution in [1.82, 2.24) is 0 Å². The molecule has 1 aromatic rings. The molecule has 1 rings (SSSR count). The lowest BCUT2D eigenvalue weighted by Crippen LogP contribution is -2.10. The maximum absolute atomic E-state index is 5.66. The van der Waals surface area contributed by atoms with Crippen LogP contribution in [0.2, 0.25) is 0 Å². The Morgan fingerprint density at radius 1 is 1.19 bits per heavy atom. The molecule has 1 heteroatoms. The smallest absolute Gasteiger partial charge is 0.119 e. The number of hydrogen-bond donors (Lipinski definition) is 0. The molecule has 0 bridgehead atoms. The van der Waals surface area contributed by atoms with Crippen LogP contribution in [0.5, 0.6) is 5.75 Å². The first kappa shape index (κ1) is 12.8. The Bertz CT molecular complexity index is 352. The molecule has 1 aromatic carbocycles. The molecule has 0 aliphatic rings. The molecule has 0 N–H and O–H groups in total. The Labute approximate surface area is 99.1 Å². The summed E-state index contributed by atoms with van der Waals surface area (Å²) < 4.78 is 5.66. The van der Waals surface area contributed by atoms with Crippen molar-refractivity contribution in [3.05, 3.63) is 41.5 Å². The molecule has 0 atom stereocenters. The van der Waals surface area contributed by atoms with E-state index < -0.39 is 0 Å². The van der Waals surface area contributed by atoms with Gasteiger partial charge in [-0.15, -0.1) is 0 Å². The SMILES string of the molecule is CC=C(C)COc1ccc(C(C)(C)C)cc1. The maximum atomic E-state index is 5.66. The van der Waals surface area contributed by atoms with Gasteiger partial charge in [-0.2, -0.15) is 0 Å². The zero-order valence-corrected chi connectivity index (χ0v) is 11.0. The van der Waals surface area contributed by atoms with Crippen LogP contribution >= 0.6 is 0 Å². The quantitative estimate of drug-likeness (QED) is 0.686. The lowest BCUT2D eigenvalue weighted by atomic mass is 9.87. The molecule has 0 radical (unpaired) electrons. The van der Waals surface area contributed by atoms with Crippen molar-refractivity contribution in [3.8, 4) is 5.75 Å². The van der Waals surface area contributed by atoms with E-state index in [1.54, 1.807) is 0 Å². The van der Waals surface area contributed by atoms with Gasteiger partial charge >= 0.3 is 0 Å². The fourth-order valence-corrected chi connectivity index (χ4v) is 1.33. The van der Waals surface area contributed by atoms with Gasteiger partial charge < -0.3 is 4.74 Å². The van der Waals surface area contributed by atoms with Gasteiger partial charge in [0, 0.05) is 0 Å². The lowest BCUT2D eigenvalue weighted by Gasteiger charge is -2.19. The molecule has 0 saturated heterocycles. The van der Waals surface area contributed by atoms with Crippen molar-refractivity contribution >= 4 is 0 Å². The summed E-state index contributed by atoms with van der Waals surface area (Å²) in [5.41, 5.74) is 2.79. The van der Waals surface area contributed by atoms with Crippen molar-refractivity contribution in [2.45, 2.75) is 40.0 Å². The number of rotatable bonds is 3. The second-order valence-corrected chi connectivity index (χ2v) is 5.20. The van der Waals surface area contributed by atoms with Gasteiger partial charge in [-0.1, -0.05) is 39.0 Å². The number of allylic oxidation sites excluding steroid dienone is 1. The summed E-state index contributed by atoms with van der Waals surface area (Å²) in [7, 11) is 0. The van der Waals surface area contributed by atoms with Crippen LogP contribution in [0.25, 0.3) is 0 Å². The second kappa shape index (κ2) is 5.20. The normalized spacial score (nSPS) is 12.7. The van der Waals surface area contributed by atoms with Crippen LogP contribution in [0.3, 0.4) is 0 Å². The molecule has 0 spiro atoms. The standard InChI is InChI=1S/C15H22O/c1-6-12(2)11-16-14-9-7-13(8-10-14)15(3,4)5/h6-10H,11H2,1-5H3. The van der Waals surface area contributed by atoms with E-state index in [0.29, 0.717) is 6.61 Å². The van der Waals surface area contributed by atoms with Crippen LogP contribution in [0, 0.1) is 0 Å². The Morgan fingerprint density at radius 2 is 1.75 bits per heavy atom. The second-order valence-electron chi connectivity index (χ2n) is 5.20. The zero-order valence-electron chi connectivity index (χ0n) is 11.0. The molecule has 88 valence electrons. The average Bonchev–Trinajstić information content (AvgIpc) is 2.25. The summed E-state index contributed by atoms with van der Waals surface area (Å²) in [4.78, 5) is 0. The van der Waals surface area contributed by atoms with E-state index in [-0.39, 0.29) is 5.41 Å². The summed E-state index contributed by atoms with van der Waals surface area (Å²) in [6, 6.07) is 8.37. The minimum absolute atomic E-state index is 0.206. The Kier molecular flexibility index (Phi) is 4.17. The lowest BCUT2D eigenvalue weighted by molar-refractivity contribution is 0.351. The molecule has 0 heterocycles. The van der Waals surface area contributed by atoms with E-state index in [9.17, 15) is 0 Å². The summed E-state index contributed by atoms with van der Waals surface area (Å²) in [6.07, 6.45) is 2.07. The van der Waals surface area contributed by atoms with Crippen molar-refractivity contribution in [2.75, 3.05) is 6.61 Å². The van der Waals surface area contributed by atoms with Crippen LogP contribution < -0.4 is 4.74 Å². The molecule has 1 nitrogen and oxygen atoms in total. The third-order valence-electron chi connectivity index (χ3n) is 2.68. The van der Waals surface area contributed by atoms with E-state index in [2.05, 4.69) is 45.9 Å². The van der Waals surface area contributed by atoms with Gasteiger partial charge in [-0.3, -0.25) is 0 Å². The zero-order chi connectivity index (χ0) is 12.2. The topological polar surface area (TPSA) is 9.23 Å². The average molecular weight is 218 g/mol. The number of ether oxygens (including phenoxy) is 1. The predicted molar refractivity (Wildman–Crippen MR) is 70.1 cm³/mol. The predicted octanol–water partition coefficient (Wildman–Crippen LogP) is 4.33. The van der Waals surface area contributed by atoms with Gasteiger partial charge in [0.15, 0.2) is 0 Å². The Balaban J connectivity index is 2.65. The fourth-order valence-electron chi connectivity index (χ4n) is 1.33. The monoisotopic (exact) mass is 218 g/mol. The van der Waals surface area contributed by atoms with Gasteiger partial charge in [-0.25, -0.2) is 0 Å². The first-order valence-electron chi connectivity index (χ1n) is 5.78. The largest absolute Gasteiger partial charge is 0.489 e. The molecular formula is C15H22O. The first-order valence-corrected chi connectivity index (χ1v) is 5.78. The Morgan fingerprint density at radius 3 is 2.19 bits per heavy atom. The van der Waals surface area contributed by atoms with Gasteiger partial charge in [-0.05, 0) is 42.5 Å². The van der Waals surface area contributed by atoms with Crippen molar-refractivity contribution < 1.29 is 4.74 Å².